The lowest BCUT2D eigenvalue weighted by Gasteiger charge is -2.38. The molecule has 3 rings (SSSR count). The summed E-state index contributed by atoms with van der Waals surface area (Å²) in [7, 11) is 2.16. The Morgan fingerprint density at radius 1 is 1.18 bits per heavy atom. The van der Waals surface area contributed by atoms with Crippen molar-refractivity contribution < 1.29 is 9.59 Å². The number of amides is 2. The van der Waals surface area contributed by atoms with Gasteiger partial charge in [0.1, 0.15) is 6.42 Å². The highest BCUT2D eigenvalue weighted by Gasteiger charge is 2.27. The molecule has 0 saturated carbocycles. The van der Waals surface area contributed by atoms with Crippen LogP contribution in [0.25, 0.3) is 0 Å². The molecule has 2 saturated heterocycles. The number of piperidine rings is 1. The minimum atomic E-state index is -0.281. The predicted octanol–water partition coefficient (Wildman–Crippen LogP) is 2.46. The molecule has 28 heavy (non-hydrogen) atoms. The first-order valence-electron chi connectivity index (χ1n) is 10.2. The second-order valence-electron chi connectivity index (χ2n) is 8.09. The van der Waals surface area contributed by atoms with E-state index in [0.717, 1.165) is 64.2 Å². The Kier molecular flexibility index (Phi) is 7.32. The Morgan fingerprint density at radius 2 is 1.93 bits per heavy atom. The summed E-state index contributed by atoms with van der Waals surface area (Å²) in [6, 6.07) is 5.38. The standard InChI is InChI=1S/C21H31ClN4O2/c1-16-18(22)6-3-7-19(16)23-20(27)13-21(28)26-8-4-5-17(15-26)14-25-11-9-24(2)10-12-25/h3,6-7,17H,4-5,8-15H2,1-2H3,(H,23,27)/t17-/m1/s1. The van der Waals surface area contributed by atoms with Gasteiger partial charge in [-0.15, -0.1) is 0 Å². The normalized spacial score (nSPS) is 21.5. The molecule has 6 nitrogen and oxygen atoms in total. The molecule has 0 bridgehead atoms. The van der Waals surface area contributed by atoms with Gasteiger partial charge in [-0.05, 0) is 50.4 Å². The Hall–Kier alpha value is -1.63. The molecule has 2 aliphatic heterocycles. The maximum atomic E-state index is 12.7. The van der Waals surface area contributed by atoms with Crippen LogP contribution in [0.3, 0.4) is 0 Å². The highest BCUT2D eigenvalue weighted by Crippen LogP contribution is 2.23. The number of nitrogens with zero attached hydrogens (tertiary/aromatic N) is 3. The van der Waals surface area contributed by atoms with Gasteiger partial charge in [0.15, 0.2) is 0 Å². The molecular weight excluding hydrogens is 376 g/mol. The maximum Gasteiger partial charge on any atom is 0.233 e. The van der Waals surface area contributed by atoms with Crippen molar-refractivity contribution in [2.75, 3.05) is 58.2 Å². The first-order valence-corrected chi connectivity index (χ1v) is 10.5. The number of benzene rings is 1. The summed E-state index contributed by atoms with van der Waals surface area (Å²) in [4.78, 5) is 31.7. The smallest absolute Gasteiger partial charge is 0.233 e. The molecule has 1 atom stereocenters. The van der Waals surface area contributed by atoms with E-state index in [1.165, 1.54) is 0 Å². The molecule has 2 aliphatic rings. The van der Waals surface area contributed by atoms with Gasteiger partial charge >= 0.3 is 0 Å². The number of halogens is 1. The molecule has 7 heteroatoms. The van der Waals surface area contributed by atoms with E-state index in [2.05, 4.69) is 22.2 Å². The molecule has 0 unspecified atom stereocenters. The van der Waals surface area contributed by atoms with Crippen LogP contribution in [-0.4, -0.2) is 79.4 Å². The van der Waals surface area contributed by atoms with Crippen molar-refractivity contribution in [2.45, 2.75) is 26.2 Å². The second-order valence-corrected chi connectivity index (χ2v) is 8.50. The average Bonchev–Trinajstić information content (AvgIpc) is 2.67. The van der Waals surface area contributed by atoms with Gasteiger partial charge in [-0.2, -0.15) is 0 Å². The molecule has 154 valence electrons. The predicted molar refractivity (Wildman–Crippen MR) is 113 cm³/mol. The zero-order chi connectivity index (χ0) is 20.1. The quantitative estimate of drug-likeness (QED) is 0.763. The van der Waals surface area contributed by atoms with Crippen LogP contribution in [0.5, 0.6) is 0 Å². The Balaban J connectivity index is 1.48. The number of carbonyl (C=O) groups is 2. The summed E-state index contributed by atoms with van der Waals surface area (Å²) in [6.07, 6.45) is 2.05. The van der Waals surface area contributed by atoms with Crippen LogP contribution < -0.4 is 5.32 Å². The summed E-state index contributed by atoms with van der Waals surface area (Å²) in [6.45, 7) is 8.83. The molecule has 2 fully saturated rings. The third kappa shape index (κ3) is 5.69. The first kappa shape index (κ1) is 21.1. The summed E-state index contributed by atoms with van der Waals surface area (Å²) in [5, 5.41) is 3.42. The number of likely N-dealkylation sites (N-methyl/N-ethyl adjacent to an activating group) is 1. The van der Waals surface area contributed by atoms with Gasteiger partial charge in [-0.3, -0.25) is 9.59 Å². The van der Waals surface area contributed by atoms with E-state index in [1.54, 1.807) is 18.2 Å². The molecule has 1 N–H and O–H groups in total. The number of likely N-dealkylation sites (tertiary alicyclic amines) is 1. The van der Waals surface area contributed by atoms with Gasteiger partial charge < -0.3 is 20.0 Å². The number of rotatable bonds is 5. The number of anilines is 1. The molecule has 2 amide bonds. The van der Waals surface area contributed by atoms with Gasteiger partial charge in [0.2, 0.25) is 11.8 Å². The van der Waals surface area contributed by atoms with E-state index in [1.807, 2.05) is 11.8 Å². The van der Waals surface area contributed by atoms with Crippen molar-refractivity contribution >= 4 is 29.1 Å². The molecule has 2 heterocycles. The number of hydrogen-bond donors (Lipinski definition) is 1. The third-order valence-corrected chi connectivity index (χ3v) is 6.25. The van der Waals surface area contributed by atoms with Crippen LogP contribution in [0.1, 0.15) is 24.8 Å². The van der Waals surface area contributed by atoms with Crippen LogP contribution in [0.15, 0.2) is 18.2 Å². The fraction of sp³-hybridized carbons (Fsp3) is 0.619. The molecule has 1 aromatic carbocycles. The van der Waals surface area contributed by atoms with E-state index in [4.69, 9.17) is 11.6 Å². The summed E-state index contributed by atoms with van der Waals surface area (Å²) >= 11 is 6.10. The van der Waals surface area contributed by atoms with Crippen molar-refractivity contribution in [3.63, 3.8) is 0 Å². The van der Waals surface area contributed by atoms with Crippen molar-refractivity contribution in [3.8, 4) is 0 Å². The van der Waals surface area contributed by atoms with Gasteiger partial charge in [-0.1, -0.05) is 17.7 Å². The number of carbonyl (C=O) groups excluding carboxylic acids is 2. The number of hydrogen-bond acceptors (Lipinski definition) is 4. The molecule has 0 spiro atoms. The first-order chi connectivity index (χ1) is 13.4. The lowest BCUT2D eigenvalue weighted by molar-refractivity contribution is -0.136. The Morgan fingerprint density at radius 3 is 2.68 bits per heavy atom. The molecule has 0 aromatic heterocycles. The van der Waals surface area contributed by atoms with Crippen LogP contribution in [-0.2, 0) is 9.59 Å². The van der Waals surface area contributed by atoms with Gasteiger partial charge in [0.25, 0.3) is 0 Å². The molecule has 0 aliphatic carbocycles. The van der Waals surface area contributed by atoms with Crippen LogP contribution >= 0.6 is 11.6 Å². The van der Waals surface area contributed by atoms with Gasteiger partial charge in [0, 0.05) is 56.5 Å². The minimum Gasteiger partial charge on any atom is -0.342 e. The van der Waals surface area contributed by atoms with Crippen molar-refractivity contribution in [3.05, 3.63) is 28.8 Å². The Labute approximate surface area is 172 Å². The molecule has 0 radical (unpaired) electrons. The van der Waals surface area contributed by atoms with E-state index in [0.29, 0.717) is 16.6 Å². The fourth-order valence-electron chi connectivity index (χ4n) is 4.02. The monoisotopic (exact) mass is 406 g/mol. The highest BCUT2D eigenvalue weighted by molar-refractivity contribution is 6.31. The van der Waals surface area contributed by atoms with E-state index < -0.39 is 0 Å². The van der Waals surface area contributed by atoms with E-state index in [9.17, 15) is 9.59 Å². The maximum absolute atomic E-state index is 12.7. The average molecular weight is 407 g/mol. The van der Waals surface area contributed by atoms with E-state index >= 15 is 0 Å². The van der Waals surface area contributed by atoms with Crippen molar-refractivity contribution in [1.82, 2.24) is 14.7 Å². The number of piperazine rings is 1. The van der Waals surface area contributed by atoms with E-state index in [-0.39, 0.29) is 18.2 Å². The summed E-state index contributed by atoms with van der Waals surface area (Å²) in [5.41, 5.74) is 1.48. The van der Waals surface area contributed by atoms with Gasteiger partial charge in [-0.25, -0.2) is 0 Å². The zero-order valence-corrected chi connectivity index (χ0v) is 17.7. The van der Waals surface area contributed by atoms with Crippen LogP contribution in [0.2, 0.25) is 5.02 Å². The largest absolute Gasteiger partial charge is 0.342 e. The van der Waals surface area contributed by atoms with Gasteiger partial charge in [0.05, 0.1) is 0 Å². The van der Waals surface area contributed by atoms with Crippen molar-refractivity contribution in [2.24, 2.45) is 5.92 Å². The third-order valence-electron chi connectivity index (χ3n) is 5.84. The molecular formula is C21H31ClN4O2. The zero-order valence-electron chi connectivity index (χ0n) is 16.9. The lowest BCUT2D eigenvalue weighted by atomic mass is 9.96. The highest BCUT2D eigenvalue weighted by atomic mass is 35.5. The second kappa shape index (κ2) is 9.72. The van der Waals surface area contributed by atoms with Crippen molar-refractivity contribution in [1.29, 1.82) is 0 Å². The van der Waals surface area contributed by atoms with Crippen LogP contribution in [0, 0.1) is 12.8 Å². The Bertz CT molecular complexity index is 704. The summed E-state index contributed by atoms with van der Waals surface area (Å²) in [5.74, 6) is 0.135. The molecule has 1 aromatic rings. The SMILES string of the molecule is Cc1c(Cl)cccc1NC(=O)CC(=O)N1CCC[C@H](CN2CCN(C)CC2)C1. The number of nitrogens with one attached hydrogen (secondary N) is 1. The fourth-order valence-corrected chi connectivity index (χ4v) is 4.20. The summed E-state index contributed by atoms with van der Waals surface area (Å²) < 4.78 is 0. The lowest BCUT2D eigenvalue weighted by Crippen LogP contribution is -2.49. The minimum absolute atomic E-state index is 0.0831. The topological polar surface area (TPSA) is 55.9 Å². The van der Waals surface area contributed by atoms with Crippen LogP contribution in [0.4, 0.5) is 5.69 Å².